The summed E-state index contributed by atoms with van der Waals surface area (Å²) in [6.45, 7) is 0. The summed E-state index contributed by atoms with van der Waals surface area (Å²) in [4.78, 5) is 13.6. The standard InChI is InChI=1S/C12H8F3N3O2/c13-12(14,15)8-3-1-2-7(4-8)9-5-17-6-10(11(9)16)18(19)20/h1-6H,(H2,16,17). The summed E-state index contributed by atoms with van der Waals surface area (Å²) in [5, 5.41) is 10.7. The maximum atomic E-state index is 12.6. The monoisotopic (exact) mass is 283 g/mol. The van der Waals surface area contributed by atoms with Gasteiger partial charge in [0.25, 0.3) is 0 Å². The molecule has 0 fully saturated rings. The molecule has 0 atom stereocenters. The van der Waals surface area contributed by atoms with Crippen LogP contribution in [-0.2, 0) is 6.18 Å². The van der Waals surface area contributed by atoms with Gasteiger partial charge in [0.2, 0.25) is 0 Å². The highest BCUT2D eigenvalue weighted by Crippen LogP contribution is 2.35. The fraction of sp³-hybridized carbons (Fsp3) is 0.0833. The molecule has 0 aliphatic heterocycles. The van der Waals surface area contributed by atoms with Gasteiger partial charge < -0.3 is 5.73 Å². The third-order valence-electron chi connectivity index (χ3n) is 2.66. The van der Waals surface area contributed by atoms with Crippen molar-refractivity contribution in [3.05, 3.63) is 52.3 Å². The van der Waals surface area contributed by atoms with Crippen molar-refractivity contribution in [1.29, 1.82) is 0 Å². The van der Waals surface area contributed by atoms with E-state index in [-0.39, 0.29) is 16.8 Å². The molecule has 1 aromatic carbocycles. The largest absolute Gasteiger partial charge is 0.416 e. The predicted molar refractivity (Wildman–Crippen MR) is 65.7 cm³/mol. The van der Waals surface area contributed by atoms with Crippen molar-refractivity contribution in [2.75, 3.05) is 5.73 Å². The van der Waals surface area contributed by atoms with Crippen LogP contribution in [0.4, 0.5) is 24.5 Å². The lowest BCUT2D eigenvalue weighted by Crippen LogP contribution is -2.05. The van der Waals surface area contributed by atoms with Crippen molar-refractivity contribution in [1.82, 2.24) is 4.98 Å². The Labute approximate surface area is 111 Å². The molecule has 2 aromatic rings. The first-order chi connectivity index (χ1) is 9.30. The van der Waals surface area contributed by atoms with Crippen molar-refractivity contribution >= 4 is 11.4 Å². The van der Waals surface area contributed by atoms with Gasteiger partial charge >= 0.3 is 11.9 Å². The number of alkyl halides is 3. The molecule has 0 saturated heterocycles. The fourth-order valence-electron chi connectivity index (χ4n) is 1.70. The first-order valence-corrected chi connectivity index (χ1v) is 5.36. The average Bonchev–Trinajstić information content (AvgIpc) is 2.38. The number of aromatic nitrogens is 1. The van der Waals surface area contributed by atoms with Crippen LogP contribution in [0.3, 0.4) is 0 Å². The zero-order valence-electron chi connectivity index (χ0n) is 9.89. The van der Waals surface area contributed by atoms with Gasteiger partial charge in [0.1, 0.15) is 11.9 Å². The van der Waals surface area contributed by atoms with Crippen molar-refractivity contribution in [3.63, 3.8) is 0 Å². The van der Waals surface area contributed by atoms with E-state index in [1.165, 1.54) is 18.3 Å². The van der Waals surface area contributed by atoms with Crippen molar-refractivity contribution in [2.24, 2.45) is 0 Å². The lowest BCUT2D eigenvalue weighted by molar-refractivity contribution is -0.384. The molecule has 8 heteroatoms. The molecule has 1 heterocycles. The quantitative estimate of drug-likeness (QED) is 0.677. The van der Waals surface area contributed by atoms with Crippen molar-refractivity contribution in [2.45, 2.75) is 6.18 Å². The second-order valence-electron chi connectivity index (χ2n) is 3.96. The van der Waals surface area contributed by atoms with Gasteiger partial charge in [-0.3, -0.25) is 15.1 Å². The van der Waals surface area contributed by atoms with E-state index in [0.717, 1.165) is 18.3 Å². The van der Waals surface area contributed by atoms with E-state index in [9.17, 15) is 23.3 Å². The van der Waals surface area contributed by atoms with Crippen molar-refractivity contribution < 1.29 is 18.1 Å². The summed E-state index contributed by atoms with van der Waals surface area (Å²) in [6, 6.07) is 4.37. The van der Waals surface area contributed by atoms with Gasteiger partial charge in [-0.25, -0.2) is 0 Å². The molecule has 2 N–H and O–H groups in total. The predicted octanol–water partition coefficient (Wildman–Crippen LogP) is 3.26. The van der Waals surface area contributed by atoms with Crippen LogP contribution < -0.4 is 5.73 Å². The zero-order chi connectivity index (χ0) is 14.9. The summed E-state index contributed by atoms with van der Waals surface area (Å²) in [5.41, 5.74) is 4.30. The number of nitro groups is 1. The maximum Gasteiger partial charge on any atom is 0.416 e. The highest BCUT2D eigenvalue weighted by Gasteiger charge is 2.30. The van der Waals surface area contributed by atoms with Crippen LogP contribution in [0, 0.1) is 10.1 Å². The number of rotatable bonds is 2. The topological polar surface area (TPSA) is 82.0 Å². The van der Waals surface area contributed by atoms with Gasteiger partial charge in [0, 0.05) is 11.8 Å². The molecule has 5 nitrogen and oxygen atoms in total. The van der Waals surface area contributed by atoms with Gasteiger partial charge in [0.15, 0.2) is 0 Å². The minimum atomic E-state index is -4.50. The SMILES string of the molecule is Nc1c(-c2cccc(C(F)(F)F)c2)cncc1[N+](=O)[O-]. The lowest BCUT2D eigenvalue weighted by atomic mass is 10.0. The molecule has 2 rings (SSSR count). The third kappa shape index (κ3) is 2.53. The molecule has 20 heavy (non-hydrogen) atoms. The van der Waals surface area contributed by atoms with E-state index in [1.54, 1.807) is 0 Å². The Bertz CT molecular complexity index is 671. The molecule has 0 saturated carbocycles. The summed E-state index contributed by atoms with van der Waals surface area (Å²) in [6.07, 6.45) is -2.36. The highest BCUT2D eigenvalue weighted by atomic mass is 19.4. The highest BCUT2D eigenvalue weighted by molar-refractivity contribution is 5.81. The van der Waals surface area contributed by atoms with Crippen LogP contribution in [0.2, 0.25) is 0 Å². The van der Waals surface area contributed by atoms with Gasteiger partial charge in [-0.1, -0.05) is 12.1 Å². The Balaban J connectivity index is 2.58. The van der Waals surface area contributed by atoms with Gasteiger partial charge in [-0.2, -0.15) is 13.2 Å². The first-order valence-electron chi connectivity index (χ1n) is 5.36. The Morgan fingerprint density at radius 3 is 2.55 bits per heavy atom. The maximum absolute atomic E-state index is 12.6. The van der Waals surface area contributed by atoms with Gasteiger partial charge in [-0.05, 0) is 17.7 Å². The van der Waals surface area contributed by atoms with Gasteiger partial charge in [0.05, 0.1) is 10.5 Å². The summed E-state index contributed by atoms with van der Waals surface area (Å²) in [5.74, 6) is 0. The Morgan fingerprint density at radius 2 is 1.95 bits per heavy atom. The lowest BCUT2D eigenvalue weighted by Gasteiger charge is -2.10. The second kappa shape index (κ2) is 4.80. The molecule has 0 aliphatic rings. The van der Waals surface area contributed by atoms with E-state index >= 15 is 0 Å². The Hall–Kier alpha value is -2.64. The van der Waals surface area contributed by atoms with E-state index in [0.29, 0.717) is 0 Å². The molecular weight excluding hydrogens is 275 g/mol. The number of hydrogen-bond acceptors (Lipinski definition) is 4. The third-order valence-corrected chi connectivity index (χ3v) is 2.66. The number of benzene rings is 1. The van der Waals surface area contributed by atoms with E-state index in [1.807, 2.05) is 0 Å². The molecular formula is C12H8F3N3O2. The van der Waals surface area contributed by atoms with Crippen LogP contribution in [0.15, 0.2) is 36.7 Å². The summed E-state index contributed by atoms with van der Waals surface area (Å²) >= 11 is 0. The molecule has 0 amide bonds. The van der Waals surface area contributed by atoms with Crippen LogP contribution in [0.25, 0.3) is 11.1 Å². The summed E-state index contributed by atoms with van der Waals surface area (Å²) < 4.78 is 37.9. The molecule has 104 valence electrons. The molecule has 0 spiro atoms. The average molecular weight is 283 g/mol. The summed E-state index contributed by atoms with van der Waals surface area (Å²) in [7, 11) is 0. The number of halogens is 3. The van der Waals surface area contributed by atoms with Crippen LogP contribution in [-0.4, -0.2) is 9.91 Å². The van der Waals surface area contributed by atoms with Crippen LogP contribution in [0.5, 0.6) is 0 Å². The number of pyridine rings is 1. The minimum Gasteiger partial charge on any atom is -0.393 e. The Kier molecular flexibility index (Phi) is 3.31. The number of nitrogens with zero attached hydrogens (tertiary/aromatic N) is 2. The van der Waals surface area contributed by atoms with E-state index < -0.39 is 22.4 Å². The van der Waals surface area contributed by atoms with Crippen LogP contribution in [0.1, 0.15) is 5.56 Å². The number of nitrogens with two attached hydrogens (primary N) is 1. The molecule has 0 bridgehead atoms. The number of nitrogen functional groups attached to an aromatic ring is 1. The van der Waals surface area contributed by atoms with Crippen LogP contribution >= 0.6 is 0 Å². The Morgan fingerprint density at radius 1 is 1.25 bits per heavy atom. The molecule has 0 unspecified atom stereocenters. The second-order valence-corrected chi connectivity index (χ2v) is 3.96. The molecule has 1 aromatic heterocycles. The molecule has 0 radical (unpaired) electrons. The smallest absolute Gasteiger partial charge is 0.393 e. The molecule has 0 aliphatic carbocycles. The number of hydrogen-bond donors (Lipinski definition) is 1. The van der Waals surface area contributed by atoms with Gasteiger partial charge in [-0.15, -0.1) is 0 Å². The normalized spacial score (nSPS) is 11.3. The zero-order valence-corrected chi connectivity index (χ0v) is 9.89. The van der Waals surface area contributed by atoms with Crippen molar-refractivity contribution in [3.8, 4) is 11.1 Å². The van der Waals surface area contributed by atoms with E-state index in [2.05, 4.69) is 4.98 Å². The van der Waals surface area contributed by atoms with E-state index in [4.69, 9.17) is 5.73 Å². The first kappa shape index (κ1) is 13.8. The number of anilines is 1. The minimum absolute atomic E-state index is 0.0882. The fourth-order valence-corrected chi connectivity index (χ4v) is 1.70.